The van der Waals surface area contributed by atoms with Crippen LogP contribution in [0.1, 0.15) is 117 Å². The molecule has 1 heteroatoms. The summed E-state index contributed by atoms with van der Waals surface area (Å²) in [5.41, 5.74) is 1.52. The van der Waals surface area contributed by atoms with Crippen LogP contribution in [0.2, 0.25) is 0 Å². The number of hydrogen-bond donors (Lipinski definition) is 0. The number of ether oxygens (including phenoxy) is 1. The minimum absolute atomic E-state index is 0.491. The Morgan fingerprint density at radius 1 is 0.727 bits per heavy atom. The van der Waals surface area contributed by atoms with Gasteiger partial charge in [0.2, 0.25) is 0 Å². The Kier molecular flexibility index (Phi) is 12.6. The second kappa shape index (κ2) is 14.2. The van der Waals surface area contributed by atoms with Crippen molar-refractivity contribution in [2.24, 2.45) is 0 Å². The van der Waals surface area contributed by atoms with Gasteiger partial charge in [-0.05, 0) is 44.1 Å². The zero-order chi connectivity index (χ0) is 15.9. The smallest absolute Gasteiger partial charge is 0.0978 e. The van der Waals surface area contributed by atoms with Crippen LogP contribution in [0.5, 0.6) is 0 Å². The van der Waals surface area contributed by atoms with Crippen LogP contribution in [0.15, 0.2) is 11.8 Å². The van der Waals surface area contributed by atoms with E-state index in [2.05, 4.69) is 20.1 Å². The third-order valence-corrected chi connectivity index (χ3v) is 4.73. The molecule has 0 heterocycles. The molecule has 0 aliphatic heterocycles. The summed E-state index contributed by atoms with van der Waals surface area (Å²) in [5.74, 6) is 0. The molecule has 0 aromatic heterocycles. The Hall–Kier alpha value is -0.460. The first-order valence-corrected chi connectivity index (χ1v) is 10.2. The largest absolute Gasteiger partial charge is 0.498 e. The minimum Gasteiger partial charge on any atom is -0.498 e. The van der Waals surface area contributed by atoms with E-state index in [4.69, 9.17) is 4.74 Å². The average molecular weight is 309 g/mol. The first-order valence-electron chi connectivity index (χ1n) is 10.2. The van der Waals surface area contributed by atoms with Crippen LogP contribution < -0.4 is 0 Å². The molecule has 0 bridgehead atoms. The second-order valence-corrected chi connectivity index (χ2v) is 7.15. The van der Waals surface area contributed by atoms with E-state index in [0.29, 0.717) is 6.10 Å². The Balaban J connectivity index is 2.06. The van der Waals surface area contributed by atoms with E-state index in [-0.39, 0.29) is 0 Å². The molecule has 1 nitrogen and oxygen atoms in total. The Bertz CT molecular complexity index is 247. The number of allylic oxidation sites excluding steroid dienone is 1. The second-order valence-electron chi connectivity index (χ2n) is 7.15. The maximum Gasteiger partial charge on any atom is 0.0978 e. The van der Waals surface area contributed by atoms with Crippen molar-refractivity contribution < 1.29 is 4.74 Å². The SMILES string of the molecule is CCCCCCCCC(CCCCCCCC)OC=C1CC1. The third kappa shape index (κ3) is 12.1. The molecule has 0 atom stereocenters. The molecular formula is C21H40O. The summed E-state index contributed by atoms with van der Waals surface area (Å²) < 4.78 is 6.06. The van der Waals surface area contributed by atoms with Gasteiger partial charge in [-0.25, -0.2) is 0 Å². The molecule has 130 valence electrons. The maximum absolute atomic E-state index is 6.06. The molecule has 22 heavy (non-hydrogen) atoms. The number of hydrogen-bond acceptors (Lipinski definition) is 1. The molecule has 1 aliphatic carbocycles. The normalized spacial score (nSPS) is 13.7. The highest BCUT2D eigenvalue weighted by Gasteiger charge is 2.14. The zero-order valence-electron chi connectivity index (χ0n) is 15.4. The highest BCUT2D eigenvalue weighted by Crippen LogP contribution is 2.28. The molecule has 1 aliphatic rings. The Morgan fingerprint density at radius 3 is 1.64 bits per heavy atom. The van der Waals surface area contributed by atoms with Crippen LogP contribution >= 0.6 is 0 Å². The standard InChI is InChI=1S/C21H40O/c1-3-5-7-9-11-13-15-21(22-19-20-17-18-20)16-14-12-10-8-6-4-2/h19,21H,3-18H2,1-2H3. The van der Waals surface area contributed by atoms with Gasteiger partial charge in [0.05, 0.1) is 12.4 Å². The van der Waals surface area contributed by atoms with E-state index in [1.807, 2.05) is 0 Å². The van der Waals surface area contributed by atoms with Crippen LogP contribution in [0.3, 0.4) is 0 Å². The van der Waals surface area contributed by atoms with Gasteiger partial charge in [-0.2, -0.15) is 0 Å². The highest BCUT2D eigenvalue weighted by atomic mass is 16.5. The lowest BCUT2D eigenvalue weighted by atomic mass is 10.0. The lowest BCUT2D eigenvalue weighted by molar-refractivity contribution is 0.120. The summed E-state index contributed by atoms with van der Waals surface area (Å²) in [6.07, 6.45) is 24.3. The van der Waals surface area contributed by atoms with E-state index in [0.717, 1.165) is 0 Å². The fourth-order valence-electron chi connectivity index (χ4n) is 2.97. The maximum atomic E-state index is 6.06. The van der Waals surface area contributed by atoms with Gasteiger partial charge in [0.1, 0.15) is 0 Å². The molecule has 0 radical (unpaired) electrons. The average Bonchev–Trinajstić information content (AvgIpc) is 3.35. The fraction of sp³-hybridized carbons (Fsp3) is 0.905. The summed E-state index contributed by atoms with van der Waals surface area (Å²) in [6.45, 7) is 4.57. The molecule has 0 N–H and O–H groups in total. The topological polar surface area (TPSA) is 9.23 Å². The van der Waals surface area contributed by atoms with E-state index in [9.17, 15) is 0 Å². The molecule has 0 aromatic rings. The summed E-state index contributed by atoms with van der Waals surface area (Å²) >= 11 is 0. The molecule has 1 saturated carbocycles. The lowest BCUT2D eigenvalue weighted by Gasteiger charge is -2.16. The van der Waals surface area contributed by atoms with Crippen molar-refractivity contribution in [1.82, 2.24) is 0 Å². The monoisotopic (exact) mass is 308 g/mol. The Morgan fingerprint density at radius 2 is 1.18 bits per heavy atom. The first-order chi connectivity index (χ1) is 10.9. The van der Waals surface area contributed by atoms with Crippen molar-refractivity contribution in [3.63, 3.8) is 0 Å². The van der Waals surface area contributed by atoms with Crippen LogP contribution in [-0.4, -0.2) is 6.10 Å². The predicted molar refractivity (Wildman–Crippen MR) is 98.2 cm³/mol. The minimum atomic E-state index is 0.491. The van der Waals surface area contributed by atoms with Crippen LogP contribution in [0.25, 0.3) is 0 Å². The van der Waals surface area contributed by atoms with Gasteiger partial charge in [0.25, 0.3) is 0 Å². The van der Waals surface area contributed by atoms with Gasteiger partial charge in [-0.3, -0.25) is 0 Å². The van der Waals surface area contributed by atoms with E-state index < -0.39 is 0 Å². The first kappa shape index (κ1) is 19.6. The fourth-order valence-corrected chi connectivity index (χ4v) is 2.97. The summed E-state index contributed by atoms with van der Waals surface area (Å²) in [4.78, 5) is 0. The zero-order valence-corrected chi connectivity index (χ0v) is 15.4. The van der Waals surface area contributed by atoms with Crippen LogP contribution in [0, 0.1) is 0 Å². The number of unbranched alkanes of at least 4 members (excludes halogenated alkanes) is 10. The van der Waals surface area contributed by atoms with Crippen molar-refractivity contribution in [3.05, 3.63) is 11.8 Å². The van der Waals surface area contributed by atoms with Crippen LogP contribution in [-0.2, 0) is 4.74 Å². The van der Waals surface area contributed by atoms with Gasteiger partial charge >= 0.3 is 0 Å². The Labute approximate surface area is 139 Å². The van der Waals surface area contributed by atoms with Crippen molar-refractivity contribution in [2.75, 3.05) is 0 Å². The van der Waals surface area contributed by atoms with Gasteiger partial charge < -0.3 is 4.74 Å². The van der Waals surface area contributed by atoms with Crippen LogP contribution in [0.4, 0.5) is 0 Å². The third-order valence-electron chi connectivity index (χ3n) is 4.73. The molecule has 0 saturated heterocycles. The molecule has 0 spiro atoms. The molecule has 0 aromatic carbocycles. The quantitative estimate of drug-likeness (QED) is 0.211. The molecule has 1 fully saturated rings. The van der Waals surface area contributed by atoms with E-state index >= 15 is 0 Å². The molecular weight excluding hydrogens is 268 g/mol. The summed E-state index contributed by atoms with van der Waals surface area (Å²) in [7, 11) is 0. The van der Waals surface area contributed by atoms with Gasteiger partial charge in [-0.1, -0.05) is 78.1 Å². The van der Waals surface area contributed by atoms with Gasteiger partial charge in [-0.15, -0.1) is 0 Å². The molecule has 0 unspecified atom stereocenters. The number of rotatable bonds is 16. The molecule has 1 rings (SSSR count). The summed E-state index contributed by atoms with van der Waals surface area (Å²) in [6, 6.07) is 0. The van der Waals surface area contributed by atoms with E-state index in [1.54, 1.807) is 0 Å². The predicted octanol–water partition coefficient (Wildman–Crippen LogP) is 7.55. The van der Waals surface area contributed by atoms with Gasteiger partial charge in [0.15, 0.2) is 0 Å². The highest BCUT2D eigenvalue weighted by molar-refractivity contribution is 5.13. The summed E-state index contributed by atoms with van der Waals surface area (Å²) in [5, 5.41) is 0. The van der Waals surface area contributed by atoms with Crippen molar-refractivity contribution >= 4 is 0 Å². The van der Waals surface area contributed by atoms with Crippen molar-refractivity contribution in [2.45, 2.75) is 123 Å². The van der Waals surface area contributed by atoms with Crippen molar-refractivity contribution in [3.8, 4) is 0 Å². The lowest BCUT2D eigenvalue weighted by Crippen LogP contribution is -2.10. The van der Waals surface area contributed by atoms with E-state index in [1.165, 1.54) is 108 Å². The van der Waals surface area contributed by atoms with Gasteiger partial charge in [0, 0.05) is 0 Å². The van der Waals surface area contributed by atoms with Crippen molar-refractivity contribution in [1.29, 1.82) is 0 Å². The molecule has 0 amide bonds.